The second-order valence-corrected chi connectivity index (χ2v) is 10.3. The average molecular weight is 596 g/mol. The van der Waals surface area contributed by atoms with Gasteiger partial charge in [0, 0.05) is 5.56 Å². The van der Waals surface area contributed by atoms with Crippen LogP contribution in [0.25, 0.3) is 44.2 Å². The summed E-state index contributed by atoms with van der Waals surface area (Å²) in [4.78, 5) is 29.9. The van der Waals surface area contributed by atoms with Gasteiger partial charge in [0.1, 0.15) is 23.7 Å². The predicted molar refractivity (Wildman–Crippen MR) is 172 cm³/mol. The molecule has 5 aromatic carbocycles. The van der Waals surface area contributed by atoms with Crippen LogP contribution in [0.2, 0.25) is 0 Å². The summed E-state index contributed by atoms with van der Waals surface area (Å²) in [5, 5.41) is 16.9. The van der Waals surface area contributed by atoms with E-state index in [1.165, 1.54) is 16.8 Å². The highest BCUT2D eigenvalue weighted by Gasteiger charge is 2.18. The summed E-state index contributed by atoms with van der Waals surface area (Å²) >= 11 is 0. The van der Waals surface area contributed by atoms with Gasteiger partial charge in [-0.1, -0.05) is 60.7 Å². The Morgan fingerprint density at radius 3 is 2.47 bits per heavy atom. The number of furan rings is 1. The Morgan fingerprint density at radius 1 is 0.889 bits per heavy atom. The van der Waals surface area contributed by atoms with Crippen LogP contribution in [-0.2, 0) is 6.61 Å². The molecule has 0 aliphatic rings. The van der Waals surface area contributed by atoms with Gasteiger partial charge in [-0.15, -0.1) is 0 Å². The molecular formula is C36H25N3O6. The first-order valence-electron chi connectivity index (χ1n) is 14.1. The lowest BCUT2D eigenvalue weighted by Gasteiger charge is -2.13. The molecule has 0 saturated heterocycles. The average Bonchev–Trinajstić information content (AvgIpc) is 3.52. The fourth-order valence-corrected chi connectivity index (χ4v) is 5.27. The number of carboxylic acid groups (broad SMARTS) is 1. The van der Waals surface area contributed by atoms with Crippen molar-refractivity contribution < 1.29 is 23.8 Å². The second-order valence-electron chi connectivity index (χ2n) is 10.3. The Kier molecular flexibility index (Phi) is 7.03. The van der Waals surface area contributed by atoms with Crippen molar-refractivity contribution in [1.29, 1.82) is 0 Å². The lowest BCUT2D eigenvalue weighted by molar-refractivity contribution is 0.0697. The van der Waals surface area contributed by atoms with E-state index in [0.29, 0.717) is 39.3 Å². The van der Waals surface area contributed by atoms with Gasteiger partial charge in [0.2, 0.25) is 5.82 Å². The van der Waals surface area contributed by atoms with Crippen molar-refractivity contribution in [1.82, 2.24) is 9.66 Å². The van der Waals surface area contributed by atoms with Crippen molar-refractivity contribution >= 4 is 44.8 Å². The van der Waals surface area contributed by atoms with Crippen LogP contribution >= 0.6 is 0 Å². The molecule has 9 heteroatoms. The normalized spacial score (nSPS) is 11.5. The highest BCUT2D eigenvalue weighted by atomic mass is 16.5. The smallest absolute Gasteiger partial charge is 0.335 e. The van der Waals surface area contributed by atoms with E-state index >= 15 is 0 Å². The van der Waals surface area contributed by atoms with Crippen molar-refractivity contribution in [2.24, 2.45) is 5.10 Å². The van der Waals surface area contributed by atoms with Crippen molar-refractivity contribution in [2.75, 3.05) is 7.11 Å². The second kappa shape index (κ2) is 11.5. The summed E-state index contributed by atoms with van der Waals surface area (Å²) in [7, 11) is 1.59. The van der Waals surface area contributed by atoms with E-state index in [9.17, 15) is 14.7 Å². The molecule has 0 aliphatic carbocycles. The van der Waals surface area contributed by atoms with Crippen LogP contribution in [0.5, 0.6) is 11.5 Å². The minimum Gasteiger partial charge on any atom is -0.496 e. The molecule has 0 unspecified atom stereocenters. The number of hydrogen-bond acceptors (Lipinski definition) is 7. The van der Waals surface area contributed by atoms with Gasteiger partial charge in [-0.05, 0) is 64.9 Å². The molecule has 0 aliphatic heterocycles. The summed E-state index contributed by atoms with van der Waals surface area (Å²) in [5.41, 5.74) is 2.40. The van der Waals surface area contributed by atoms with Gasteiger partial charge in [-0.3, -0.25) is 4.79 Å². The van der Waals surface area contributed by atoms with E-state index in [4.69, 9.17) is 24.0 Å². The molecule has 0 bridgehead atoms. The maximum atomic E-state index is 13.9. The first kappa shape index (κ1) is 27.6. The summed E-state index contributed by atoms with van der Waals surface area (Å²) < 4.78 is 19.1. The fourth-order valence-electron chi connectivity index (χ4n) is 5.27. The number of carboxylic acids is 1. The lowest BCUT2D eigenvalue weighted by atomic mass is 10.0. The van der Waals surface area contributed by atoms with E-state index in [0.717, 1.165) is 21.7 Å². The molecule has 9 nitrogen and oxygen atoms in total. The van der Waals surface area contributed by atoms with Crippen LogP contribution in [0.15, 0.2) is 124 Å². The molecule has 7 aromatic rings. The van der Waals surface area contributed by atoms with Crippen LogP contribution < -0.4 is 15.0 Å². The molecule has 0 fully saturated rings. The minimum absolute atomic E-state index is 0.197. The number of ether oxygens (including phenoxy) is 2. The highest BCUT2D eigenvalue weighted by Crippen LogP contribution is 2.33. The summed E-state index contributed by atoms with van der Waals surface area (Å²) in [6.07, 6.45) is 1.59. The molecule has 220 valence electrons. The van der Waals surface area contributed by atoms with E-state index in [2.05, 4.69) is 0 Å². The zero-order valence-electron chi connectivity index (χ0n) is 24.0. The van der Waals surface area contributed by atoms with Crippen molar-refractivity contribution in [3.8, 4) is 23.1 Å². The number of para-hydroxylation sites is 1. The van der Waals surface area contributed by atoms with Crippen LogP contribution in [0, 0.1) is 0 Å². The zero-order valence-corrected chi connectivity index (χ0v) is 24.0. The molecule has 45 heavy (non-hydrogen) atoms. The molecule has 0 spiro atoms. The fraction of sp³-hybridized carbons (Fsp3) is 0.0556. The Hall–Kier alpha value is -6.22. The standard InChI is InChI=1S/C36H25N3O6/c1-43-30-11-6-12-32-27(30)19-33(45-32)34-38-29-10-5-4-9-26(29)35(40)39(34)37-20-28-25-8-3-2-7-23(25)17-18-31(28)44-21-22-13-15-24(16-14-22)36(41)42/h2-20H,21H2,1H3,(H,41,42). The Labute approximate surface area is 256 Å². The van der Waals surface area contributed by atoms with Crippen molar-refractivity contribution in [3.05, 3.63) is 136 Å². The number of rotatable bonds is 8. The van der Waals surface area contributed by atoms with E-state index in [1.807, 2.05) is 60.7 Å². The van der Waals surface area contributed by atoms with Gasteiger partial charge < -0.3 is 19.0 Å². The Balaban J connectivity index is 1.35. The van der Waals surface area contributed by atoms with E-state index in [1.54, 1.807) is 49.7 Å². The number of aromatic carboxylic acids is 1. The predicted octanol–water partition coefficient (Wildman–Crippen LogP) is 7.13. The third-order valence-corrected chi connectivity index (χ3v) is 7.54. The van der Waals surface area contributed by atoms with Crippen LogP contribution in [0.3, 0.4) is 0 Å². The van der Waals surface area contributed by atoms with Gasteiger partial charge >= 0.3 is 5.97 Å². The first-order valence-corrected chi connectivity index (χ1v) is 14.1. The largest absolute Gasteiger partial charge is 0.496 e. The van der Waals surface area contributed by atoms with Gasteiger partial charge in [0.05, 0.1) is 35.2 Å². The summed E-state index contributed by atoms with van der Waals surface area (Å²) in [5.74, 6) is 0.769. The maximum absolute atomic E-state index is 13.9. The molecule has 0 amide bonds. The minimum atomic E-state index is -0.991. The number of methoxy groups -OCH3 is 1. The molecule has 0 atom stereocenters. The third-order valence-electron chi connectivity index (χ3n) is 7.54. The number of carbonyl (C=O) groups is 1. The van der Waals surface area contributed by atoms with Crippen LogP contribution in [0.4, 0.5) is 0 Å². The highest BCUT2D eigenvalue weighted by molar-refractivity contribution is 6.02. The van der Waals surface area contributed by atoms with E-state index < -0.39 is 5.97 Å². The lowest BCUT2D eigenvalue weighted by Crippen LogP contribution is -2.20. The molecule has 0 radical (unpaired) electrons. The molecule has 2 heterocycles. The molecular weight excluding hydrogens is 570 g/mol. The van der Waals surface area contributed by atoms with Gasteiger partial charge in [-0.2, -0.15) is 9.78 Å². The van der Waals surface area contributed by atoms with Gasteiger partial charge in [0.25, 0.3) is 5.56 Å². The topological polar surface area (TPSA) is 116 Å². The van der Waals surface area contributed by atoms with Crippen LogP contribution in [0.1, 0.15) is 21.5 Å². The number of hydrogen-bond donors (Lipinski definition) is 1. The quantitative estimate of drug-likeness (QED) is 0.186. The third kappa shape index (κ3) is 5.16. The Bertz CT molecular complexity index is 2320. The summed E-state index contributed by atoms with van der Waals surface area (Å²) in [6.45, 7) is 0.197. The van der Waals surface area contributed by atoms with Crippen LogP contribution in [-0.4, -0.2) is 34.1 Å². The SMILES string of the molecule is COc1cccc2oc(-c3nc4ccccc4c(=O)n3N=Cc3c(OCc4ccc(C(=O)O)cc4)ccc4ccccc34)cc12. The Morgan fingerprint density at radius 2 is 1.67 bits per heavy atom. The van der Waals surface area contributed by atoms with Gasteiger partial charge in [-0.25, -0.2) is 9.78 Å². The van der Waals surface area contributed by atoms with Crippen molar-refractivity contribution in [3.63, 3.8) is 0 Å². The number of benzene rings is 5. The van der Waals surface area contributed by atoms with E-state index in [-0.39, 0.29) is 23.6 Å². The molecule has 7 rings (SSSR count). The number of nitrogens with zero attached hydrogens (tertiary/aromatic N) is 3. The van der Waals surface area contributed by atoms with Gasteiger partial charge in [0.15, 0.2) is 5.76 Å². The number of aromatic nitrogens is 2. The molecule has 2 aromatic heterocycles. The first-order chi connectivity index (χ1) is 22.0. The molecule has 1 N–H and O–H groups in total. The van der Waals surface area contributed by atoms with Crippen molar-refractivity contribution in [2.45, 2.75) is 6.61 Å². The maximum Gasteiger partial charge on any atom is 0.335 e. The molecule has 0 saturated carbocycles. The zero-order chi connectivity index (χ0) is 30.9. The summed E-state index contributed by atoms with van der Waals surface area (Å²) in [6, 6.07) is 32.5. The number of fused-ring (bicyclic) bond motifs is 3. The monoisotopic (exact) mass is 595 g/mol.